The second-order valence-corrected chi connectivity index (χ2v) is 8.12. The van der Waals surface area contributed by atoms with Gasteiger partial charge in [-0.3, -0.25) is 14.5 Å². The first kappa shape index (κ1) is 21.0. The molecule has 148 valence electrons. The molecule has 3 rings (SSSR count). The highest BCUT2D eigenvalue weighted by atomic mass is 79.9. The first-order chi connectivity index (χ1) is 13.9. The highest BCUT2D eigenvalue weighted by molar-refractivity contribution is 9.10. The number of amides is 2. The van der Waals surface area contributed by atoms with Gasteiger partial charge in [-0.05, 0) is 48.0 Å². The summed E-state index contributed by atoms with van der Waals surface area (Å²) in [6, 6.07) is 11.6. The maximum atomic E-state index is 12.4. The summed E-state index contributed by atoms with van der Waals surface area (Å²) in [5.41, 5.74) is 2.90. The van der Waals surface area contributed by atoms with Gasteiger partial charge in [0, 0.05) is 4.47 Å². The fourth-order valence-electron chi connectivity index (χ4n) is 2.77. The molecule has 0 bridgehead atoms. The van der Waals surface area contributed by atoms with Crippen LogP contribution in [0.2, 0.25) is 0 Å². The van der Waals surface area contributed by atoms with Gasteiger partial charge in [0.25, 0.3) is 11.1 Å². The lowest BCUT2D eigenvalue weighted by atomic mass is 10.1. The highest BCUT2D eigenvalue weighted by Crippen LogP contribution is 2.38. The number of terminal acetylenes is 1. The fraction of sp³-hybridized carbons (Fsp3) is 0.182. The Balaban J connectivity index is 1.84. The summed E-state index contributed by atoms with van der Waals surface area (Å²) in [4.78, 5) is 25.7. The number of ether oxygens (including phenoxy) is 2. The smallest absolute Gasteiger partial charge is 0.294 e. The van der Waals surface area contributed by atoms with Crippen molar-refractivity contribution in [1.29, 1.82) is 0 Å². The summed E-state index contributed by atoms with van der Waals surface area (Å²) in [5.74, 6) is 3.01. The van der Waals surface area contributed by atoms with E-state index in [1.54, 1.807) is 25.3 Å². The number of imide groups is 1. The lowest BCUT2D eigenvalue weighted by Gasteiger charge is -2.13. The molecule has 0 aromatic heterocycles. The van der Waals surface area contributed by atoms with Crippen molar-refractivity contribution in [3.05, 3.63) is 62.5 Å². The average Bonchev–Trinajstić information content (AvgIpc) is 2.96. The maximum absolute atomic E-state index is 12.4. The molecule has 0 saturated carbocycles. The molecular weight excluding hydrogens is 454 g/mol. The Bertz CT molecular complexity index is 1040. The predicted octanol–water partition coefficient (Wildman–Crippen LogP) is 5.01. The Morgan fingerprint density at radius 1 is 1.24 bits per heavy atom. The van der Waals surface area contributed by atoms with Crippen LogP contribution in [0.5, 0.6) is 11.5 Å². The third kappa shape index (κ3) is 4.84. The Labute approximate surface area is 182 Å². The van der Waals surface area contributed by atoms with Crippen molar-refractivity contribution < 1.29 is 19.1 Å². The molecule has 29 heavy (non-hydrogen) atoms. The topological polar surface area (TPSA) is 55.8 Å². The maximum Gasteiger partial charge on any atom is 0.294 e. The molecule has 0 atom stereocenters. The summed E-state index contributed by atoms with van der Waals surface area (Å²) in [7, 11) is 1.55. The number of carbonyl (C=O) groups excluding carboxylic acids is 2. The highest BCUT2D eigenvalue weighted by Gasteiger charge is 2.34. The van der Waals surface area contributed by atoms with Crippen LogP contribution in [0.15, 0.2) is 45.8 Å². The zero-order valence-electron chi connectivity index (χ0n) is 15.9. The molecule has 2 aromatic rings. The third-order valence-electron chi connectivity index (χ3n) is 4.17. The van der Waals surface area contributed by atoms with E-state index < -0.39 is 5.91 Å². The number of halogens is 1. The van der Waals surface area contributed by atoms with E-state index in [1.807, 2.05) is 25.1 Å². The van der Waals surface area contributed by atoms with E-state index in [-0.39, 0.29) is 11.8 Å². The Hall–Kier alpha value is -2.69. The summed E-state index contributed by atoms with van der Waals surface area (Å²) < 4.78 is 12.1. The van der Waals surface area contributed by atoms with Crippen LogP contribution in [0.3, 0.4) is 0 Å². The molecule has 0 aliphatic carbocycles. The molecular formula is C22H18BrNO4S. The van der Waals surface area contributed by atoms with Gasteiger partial charge in [-0.15, -0.1) is 6.42 Å². The summed E-state index contributed by atoms with van der Waals surface area (Å²) >= 11 is 4.37. The molecule has 0 N–H and O–H groups in total. The summed E-state index contributed by atoms with van der Waals surface area (Å²) in [5, 5.41) is -0.375. The van der Waals surface area contributed by atoms with Crippen molar-refractivity contribution in [2.45, 2.75) is 13.5 Å². The second kappa shape index (κ2) is 9.21. The van der Waals surface area contributed by atoms with E-state index in [0.717, 1.165) is 27.8 Å². The van der Waals surface area contributed by atoms with E-state index in [9.17, 15) is 9.59 Å². The van der Waals surface area contributed by atoms with E-state index in [4.69, 9.17) is 15.9 Å². The molecule has 1 saturated heterocycles. The van der Waals surface area contributed by atoms with Crippen LogP contribution in [0, 0.1) is 19.3 Å². The SMILES string of the molecule is C#CCN1C(=O)S/C(=C/c2cc(OC)c(OCc3cccc(C)c3)cc2Br)C1=O. The van der Waals surface area contributed by atoms with Gasteiger partial charge in [0.15, 0.2) is 11.5 Å². The van der Waals surface area contributed by atoms with Gasteiger partial charge in [-0.1, -0.05) is 51.7 Å². The van der Waals surface area contributed by atoms with Gasteiger partial charge in [-0.25, -0.2) is 0 Å². The first-order valence-electron chi connectivity index (χ1n) is 8.67. The average molecular weight is 472 g/mol. The van der Waals surface area contributed by atoms with Crippen molar-refractivity contribution in [2.24, 2.45) is 0 Å². The van der Waals surface area contributed by atoms with Gasteiger partial charge in [0.05, 0.1) is 18.6 Å². The van der Waals surface area contributed by atoms with E-state index in [1.165, 1.54) is 0 Å². The number of hydrogen-bond acceptors (Lipinski definition) is 5. The normalized spacial score (nSPS) is 15.0. The van der Waals surface area contributed by atoms with Crippen LogP contribution >= 0.6 is 27.7 Å². The lowest BCUT2D eigenvalue weighted by molar-refractivity contribution is -0.122. The molecule has 7 heteroatoms. The number of nitrogens with zero attached hydrogens (tertiary/aromatic N) is 1. The lowest BCUT2D eigenvalue weighted by Crippen LogP contribution is -2.28. The quantitative estimate of drug-likeness (QED) is 0.437. The Morgan fingerprint density at radius 3 is 2.72 bits per heavy atom. The van der Waals surface area contributed by atoms with E-state index >= 15 is 0 Å². The van der Waals surface area contributed by atoms with Crippen LogP contribution in [-0.4, -0.2) is 29.7 Å². The van der Waals surface area contributed by atoms with E-state index in [0.29, 0.717) is 33.0 Å². The summed E-state index contributed by atoms with van der Waals surface area (Å²) in [6.07, 6.45) is 6.86. The number of thioether (sulfide) groups is 1. The molecule has 0 radical (unpaired) electrons. The van der Waals surface area contributed by atoms with Crippen molar-refractivity contribution >= 4 is 44.9 Å². The molecule has 1 aliphatic rings. The number of hydrogen-bond donors (Lipinski definition) is 0. The number of methoxy groups -OCH3 is 1. The predicted molar refractivity (Wildman–Crippen MR) is 118 cm³/mol. The van der Waals surface area contributed by atoms with Gasteiger partial charge < -0.3 is 9.47 Å². The number of aryl methyl sites for hydroxylation is 1. The number of rotatable bonds is 6. The third-order valence-corrected chi connectivity index (χ3v) is 5.76. The van der Waals surface area contributed by atoms with Gasteiger partial charge >= 0.3 is 0 Å². The van der Waals surface area contributed by atoms with E-state index in [2.05, 4.69) is 27.9 Å². The zero-order valence-corrected chi connectivity index (χ0v) is 18.3. The largest absolute Gasteiger partial charge is 0.493 e. The van der Waals surface area contributed by atoms with Crippen molar-refractivity contribution in [1.82, 2.24) is 4.90 Å². The van der Waals surface area contributed by atoms with Crippen LogP contribution in [0.4, 0.5) is 4.79 Å². The van der Waals surface area contributed by atoms with Crippen molar-refractivity contribution in [3.8, 4) is 23.8 Å². The monoisotopic (exact) mass is 471 g/mol. The van der Waals surface area contributed by atoms with Gasteiger partial charge in [0.1, 0.15) is 6.61 Å². The minimum atomic E-state index is -0.399. The molecule has 2 aromatic carbocycles. The molecule has 5 nitrogen and oxygen atoms in total. The molecule has 0 spiro atoms. The van der Waals surface area contributed by atoms with Gasteiger partial charge in [-0.2, -0.15) is 0 Å². The molecule has 1 fully saturated rings. The van der Waals surface area contributed by atoms with Crippen LogP contribution in [-0.2, 0) is 11.4 Å². The first-order valence-corrected chi connectivity index (χ1v) is 10.3. The van der Waals surface area contributed by atoms with Crippen LogP contribution < -0.4 is 9.47 Å². The summed E-state index contributed by atoms with van der Waals surface area (Å²) in [6.45, 7) is 2.38. The molecule has 1 aliphatic heterocycles. The minimum absolute atomic E-state index is 0.0434. The van der Waals surface area contributed by atoms with Crippen molar-refractivity contribution in [2.75, 3.05) is 13.7 Å². The zero-order chi connectivity index (χ0) is 21.0. The Kier molecular flexibility index (Phi) is 6.68. The molecule has 1 heterocycles. The van der Waals surface area contributed by atoms with Crippen molar-refractivity contribution in [3.63, 3.8) is 0 Å². The second-order valence-electron chi connectivity index (χ2n) is 6.27. The standard InChI is InChI=1S/C22H18BrNO4S/c1-4-8-24-21(25)20(29-22(24)26)11-16-10-18(27-3)19(12-17(16)23)28-13-15-7-5-6-14(2)9-15/h1,5-7,9-12H,8,13H2,2-3H3/b20-11+. The molecule has 0 unspecified atom stereocenters. The molecule has 2 amide bonds. The fourth-order valence-corrected chi connectivity index (χ4v) is 4.03. The minimum Gasteiger partial charge on any atom is -0.493 e. The van der Waals surface area contributed by atoms with Crippen LogP contribution in [0.1, 0.15) is 16.7 Å². The number of benzene rings is 2. The van der Waals surface area contributed by atoms with Crippen LogP contribution in [0.25, 0.3) is 6.08 Å². The Morgan fingerprint density at radius 2 is 2.03 bits per heavy atom. The van der Waals surface area contributed by atoms with Gasteiger partial charge in [0.2, 0.25) is 0 Å². The number of carbonyl (C=O) groups is 2.